The van der Waals surface area contributed by atoms with Crippen LogP contribution in [-0.2, 0) is 4.79 Å². The summed E-state index contributed by atoms with van der Waals surface area (Å²) in [7, 11) is 0. The predicted molar refractivity (Wildman–Crippen MR) is 71.1 cm³/mol. The Morgan fingerprint density at radius 3 is 2.24 bits per heavy atom. The average molecular weight is 241 g/mol. The van der Waals surface area contributed by atoms with Crippen molar-refractivity contribution >= 4 is 5.91 Å². The molecule has 1 saturated heterocycles. The van der Waals surface area contributed by atoms with E-state index in [1.807, 2.05) is 25.7 Å². The highest BCUT2D eigenvalue weighted by molar-refractivity contribution is 5.85. The van der Waals surface area contributed by atoms with Crippen LogP contribution in [0.1, 0.15) is 34.1 Å². The van der Waals surface area contributed by atoms with E-state index in [-0.39, 0.29) is 5.91 Å². The van der Waals surface area contributed by atoms with Gasteiger partial charge in [-0.3, -0.25) is 9.69 Å². The first-order valence-corrected chi connectivity index (χ1v) is 6.78. The molecule has 0 atom stereocenters. The third-order valence-corrected chi connectivity index (χ3v) is 3.35. The van der Waals surface area contributed by atoms with Gasteiger partial charge in [-0.05, 0) is 33.4 Å². The van der Waals surface area contributed by atoms with Crippen LogP contribution in [-0.4, -0.2) is 60.5 Å². The molecule has 0 bridgehead atoms. The Bertz CT molecular complexity index is 245. The Hall–Kier alpha value is -0.610. The van der Waals surface area contributed by atoms with Crippen LogP contribution >= 0.6 is 0 Å². The molecule has 1 heterocycles. The minimum atomic E-state index is -0.429. The SMILES string of the molecule is CCCN1CCN(C(=O)C(C)(C)NCC)CC1. The Labute approximate surface area is 105 Å². The fourth-order valence-electron chi connectivity index (χ4n) is 2.40. The first-order chi connectivity index (χ1) is 8.01. The van der Waals surface area contributed by atoms with Gasteiger partial charge < -0.3 is 10.2 Å². The lowest BCUT2D eigenvalue weighted by Gasteiger charge is -2.38. The van der Waals surface area contributed by atoms with Crippen molar-refractivity contribution in [1.29, 1.82) is 0 Å². The molecule has 0 radical (unpaired) electrons. The molecule has 0 saturated carbocycles. The van der Waals surface area contributed by atoms with E-state index >= 15 is 0 Å². The van der Waals surface area contributed by atoms with Crippen LogP contribution < -0.4 is 5.32 Å². The zero-order chi connectivity index (χ0) is 12.9. The van der Waals surface area contributed by atoms with E-state index in [1.54, 1.807) is 0 Å². The molecular weight excluding hydrogens is 214 g/mol. The lowest BCUT2D eigenvalue weighted by Crippen LogP contribution is -2.58. The number of amides is 1. The highest BCUT2D eigenvalue weighted by Crippen LogP contribution is 2.11. The van der Waals surface area contributed by atoms with Gasteiger partial charge in [-0.2, -0.15) is 0 Å². The zero-order valence-electron chi connectivity index (χ0n) is 11.8. The highest BCUT2D eigenvalue weighted by atomic mass is 16.2. The number of likely N-dealkylation sites (N-methyl/N-ethyl adjacent to an activating group) is 1. The van der Waals surface area contributed by atoms with Crippen molar-refractivity contribution in [1.82, 2.24) is 15.1 Å². The van der Waals surface area contributed by atoms with E-state index in [4.69, 9.17) is 0 Å². The van der Waals surface area contributed by atoms with Crippen molar-refractivity contribution in [3.05, 3.63) is 0 Å². The molecule has 100 valence electrons. The first kappa shape index (κ1) is 14.5. The summed E-state index contributed by atoms with van der Waals surface area (Å²) in [5.74, 6) is 0.232. The van der Waals surface area contributed by atoms with E-state index in [9.17, 15) is 4.79 Å². The van der Waals surface area contributed by atoms with Gasteiger partial charge in [-0.15, -0.1) is 0 Å². The summed E-state index contributed by atoms with van der Waals surface area (Å²) in [5.41, 5.74) is -0.429. The maximum atomic E-state index is 12.3. The minimum absolute atomic E-state index is 0.232. The summed E-state index contributed by atoms with van der Waals surface area (Å²) < 4.78 is 0. The van der Waals surface area contributed by atoms with Crippen LogP contribution in [0.25, 0.3) is 0 Å². The smallest absolute Gasteiger partial charge is 0.242 e. The molecule has 1 aliphatic heterocycles. The molecular formula is C13H27N3O. The average Bonchev–Trinajstić information content (AvgIpc) is 2.29. The Morgan fingerprint density at radius 2 is 1.76 bits per heavy atom. The van der Waals surface area contributed by atoms with E-state index in [0.29, 0.717) is 0 Å². The number of piperazine rings is 1. The predicted octanol–water partition coefficient (Wildman–Crippen LogP) is 0.929. The lowest BCUT2D eigenvalue weighted by atomic mass is 10.0. The van der Waals surface area contributed by atoms with Crippen LogP contribution in [0.3, 0.4) is 0 Å². The largest absolute Gasteiger partial charge is 0.339 e. The summed E-state index contributed by atoms with van der Waals surface area (Å²) >= 11 is 0. The number of hydrogen-bond acceptors (Lipinski definition) is 3. The quantitative estimate of drug-likeness (QED) is 0.778. The van der Waals surface area contributed by atoms with Crippen molar-refractivity contribution in [2.24, 2.45) is 0 Å². The molecule has 0 aromatic carbocycles. The van der Waals surface area contributed by atoms with Gasteiger partial charge in [-0.1, -0.05) is 13.8 Å². The fourth-order valence-corrected chi connectivity index (χ4v) is 2.40. The molecule has 1 rings (SSSR count). The van der Waals surface area contributed by atoms with Gasteiger partial charge in [0.1, 0.15) is 0 Å². The molecule has 4 heteroatoms. The monoisotopic (exact) mass is 241 g/mol. The summed E-state index contributed by atoms with van der Waals surface area (Å²) in [5, 5.41) is 3.25. The van der Waals surface area contributed by atoms with Gasteiger partial charge in [0.05, 0.1) is 5.54 Å². The molecule has 1 amide bonds. The summed E-state index contributed by atoms with van der Waals surface area (Å²) in [6.07, 6.45) is 1.19. The fraction of sp³-hybridized carbons (Fsp3) is 0.923. The van der Waals surface area contributed by atoms with Crippen molar-refractivity contribution in [3.63, 3.8) is 0 Å². The van der Waals surface area contributed by atoms with Crippen LogP contribution in [0.15, 0.2) is 0 Å². The Morgan fingerprint density at radius 1 is 1.18 bits per heavy atom. The standard InChI is InChI=1S/C13H27N3O/c1-5-7-15-8-10-16(11-9-15)12(17)13(3,4)14-6-2/h14H,5-11H2,1-4H3. The second-order valence-corrected chi connectivity index (χ2v) is 5.29. The minimum Gasteiger partial charge on any atom is -0.339 e. The lowest BCUT2D eigenvalue weighted by molar-refractivity contribution is -0.138. The number of nitrogens with one attached hydrogen (secondary N) is 1. The molecule has 1 N–H and O–H groups in total. The third-order valence-electron chi connectivity index (χ3n) is 3.35. The van der Waals surface area contributed by atoms with Crippen LogP contribution in [0.2, 0.25) is 0 Å². The first-order valence-electron chi connectivity index (χ1n) is 6.78. The van der Waals surface area contributed by atoms with Gasteiger partial charge in [-0.25, -0.2) is 0 Å². The van der Waals surface area contributed by atoms with Gasteiger partial charge >= 0.3 is 0 Å². The van der Waals surface area contributed by atoms with Gasteiger partial charge in [0.25, 0.3) is 0 Å². The molecule has 0 aliphatic carbocycles. The van der Waals surface area contributed by atoms with E-state index in [2.05, 4.69) is 17.1 Å². The molecule has 17 heavy (non-hydrogen) atoms. The molecule has 0 aromatic rings. The topological polar surface area (TPSA) is 35.6 Å². The number of carbonyl (C=O) groups excluding carboxylic acids is 1. The van der Waals surface area contributed by atoms with Gasteiger partial charge in [0.15, 0.2) is 0 Å². The van der Waals surface area contributed by atoms with Gasteiger partial charge in [0, 0.05) is 26.2 Å². The molecule has 4 nitrogen and oxygen atoms in total. The second-order valence-electron chi connectivity index (χ2n) is 5.29. The maximum absolute atomic E-state index is 12.3. The van der Waals surface area contributed by atoms with Crippen LogP contribution in [0, 0.1) is 0 Å². The number of rotatable bonds is 5. The zero-order valence-corrected chi connectivity index (χ0v) is 11.8. The number of carbonyl (C=O) groups is 1. The number of nitrogens with zero attached hydrogens (tertiary/aromatic N) is 2. The van der Waals surface area contributed by atoms with E-state index < -0.39 is 5.54 Å². The van der Waals surface area contributed by atoms with E-state index in [1.165, 1.54) is 6.42 Å². The molecule has 0 unspecified atom stereocenters. The molecule has 0 aromatic heterocycles. The normalized spacial score (nSPS) is 18.5. The van der Waals surface area contributed by atoms with Crippen molar-refractivity contribution in [3.8, 4) is 0 Å². The van der Waals surface area contributed by atoms with E-state index in [0.717, 1.165) is 39.3 Å². The second kappa shape index (κ2) is 6.36. The molecule has 1 fully saturated rings. The van der Waals surface area contributed by atoms with Crippen LogP contribution in [0.4, 0.5) is 0 Å². The summed E-state index contributed by atoms with van der Waals surface area (Å²) in [6.45, 7) is 13.9. The number of hydrogen-bond donors (Lipinski definition) is 1. The van der Waals surface area contributed by atoms with Crippen molar-refractivity contribution in [2.45, 2.75) is 39.7 Å². The molecule has 1 aliphatic rings. The summed E-state index contributed by atoms with van der Waals surface area (Å²) in [4.78, 5) is 16.7. The summed E-state index contributed by atoms with van der Waals surface area (Å²) in [6, 6.07) is 0. The Balaban J connectivity index is 2.45. The Kier molecular flexibility index (Phi) is 5.40. The van der Waals surface area contributed by atoms with Crippen molar-refractivity contribution in [2.75, 3.05) is 39.3 Å². The molecule has 0 spiro atoms. The van der Waals surface area contributed by atoms with Crippen molar-refractivity contribution < 1.29 is 4.79 Å². The maximum Gasteiger partial charge on any atom is 0.242 e. The third kappa shape index (κ3) is 3.96. The van der Waals surface area contributed by atoms with Crippen LogP contribution in [0.5, 0.6) is 0 Å². The highest BCUT2D eigenvalue weighted by Gasteiger charge is 2.32. The van der Waals surface area contributed by atoms with Gasteiger partial charge in [0.2, 0.25) is 5.91 Å².